The molecule has 5 nitrogen and oxygen atoms in total. The normalized spacial score (nSPS) is 17.9. The number of nitrogens with one attached hydrogen (secondary N) is 1. The molecule has 6 heteroatoms. The predicted molar refractivity (Wildman–Crippen MR) is 76.9 cm³/mol. The molecule has 0 radical (unpaired) electrons. The highest BCUT2D eigenvalue weighted by atomic mass is 32.2. The average molecular weight is 267 g/mol. The van der Waals surface area contributed by atoms with Crippen LogP contribution in [0.3, 0.4) is 0 Å². The summed E-state index contributed by atoms with van der Waals surface area (Å²) in [5.41, 5.74) is 5.75. The van der Waals surface area contributed by atoms with Gasteiger partial charge in [-0.05, 0) is 45.2 Å². The fourth-order valence-corrected chi connectivity index (χ4v) is 2.53. The van der Waals surface area contributed by atoms with Crippen molar-refractivity contribution >= 4 is 23.4 Å². The second-order valence-corrected chi connectivity index (χ2v) is 5.57. The molecule has 2 rings (SSSR count). The molecule has 1 aliphatic heterocycles. The fraction of sp³-hybridized carbons (Fsp3) is 0.667. The van der Waals surface area contributed by atoms with Crippen molar-refractivity contribution in [2.45, 2.75) is 18.0 Å². The molecule has 1 fully saturated rings. The number of hydrogen-bond donors (Lipinski definition) is 2. The first-order valence-electron chi connectivity index (χ1n) is 6.28. The molecule has 0 spiro atoms. The summed E-state index contributed by atoms with van der Waals surface area (Å²) in [6, 6.07) is 1.80. The Kier molecular flexibility index (Phi) is 4.66. The topological polar surface area (TPSA) is 67.1 Å². The molecular weight excluding hydrogens is 246 g/mol. The summed E-state index contributed by atoms with van der Waals surface area (Å²) in [6.07, 6.45) is 4.45. The number of nitrogen functional groups attached to an aromatic ring is 1. The van der Waals surface area contributed by atoms with Crippen LogP contribution >= 0.6 is 11.8 Å². The molecule has 0 saturated carbocycles. The summed E-state index contributed by atoms with van der Waals surface area (Å²) < 4.78 is 0. The third kappa shape index (κ3) is 3.74. The third-order valence-corrected chi connectivity index (χ3v) is 3.87. The Balaban J connectivity index is 1.88. The summed E-state index contributed by atoms with van der Waals surface area (Å²) in [7, 11) is 2.18. The van der Waals surface area contributed by atoms with E-state index >= 15 is 0 Å². The standard InChI is InChI=1S/C12H21N5S/c1-17-5-3-9(4-6-17)8-14-11-7-10(13)15-12(16-11)18-2/h7,9H,3-6,8H2,1-2H3,(H3,13,14,15,16). The van der Waals surface area contributed by atoms with Gasteiger partial charge in [0, 0.05) is 12.6 Å². The van der Waals surface area contributed by atoms with Crippen LogP contribution < -0.4 is 11.1 Å². The van der Waals surface area contributed by atoms with Crippen LogP contribution in [0.4, 0.5) is 11.6 Å². The van der Waals surface area contributed by atoms with E-state index in [0.29, 0.717) is 5.82 Å². The minimum absolute atomic E-state index is 0.528. The number of piperidine rings is 1. The number of rotatable bonds is 4. The average Bonchev–Trinajstić information content (AvgIpc) is 2.37. The smallest absolute Gasteiger partial charge is 0.191 e. The number of anilines is 2. The van der Waals surface area contributed by atoms with E-state index in [1.807, 2.05) is 6.26 Å². The molecule has 1 aromatic heterocycles. The molecule has 100 valence electrons. The molecule has 0 aromatic carbocycles. The highest BCUT2D eigenvalue weighted by molar-refractivity contribution is 7.98. The second-order valence-electron chi connectivity index (χ2n) is 4.79. The Morgan fingerprint density at radius 3 is 2.83 bits per heavy atom. The zero-order chi connectivity index (χ0) is 13.0. The van der Waals surface area contributed by atoms with Gasteiger partial charge in [0.15, 0.2) is 5.16 Å². The van der Waals surface area contributed by atoms with E-state index in [0.717, 1.165) is 23.4 Å². The number of thioether (sulfide) groups is 1. The van der Waals surface area contributed by atoms with Crippen molar-refractivity contribution in [1.29, 1.82) is 0 Å². The number of nitrogens with two attached hydrogens (primary N) is 1. The van der Waals surface area contributed by atoms with Gasteiger partial charge in [-0.3, -0.25) is 0 Å². The van der Waals surface area contributed by atoms with Crippen molar-refractivity contribution in [3.63, 3.8) is 0 Å². The molecule has 0 bridgehead atoms. The monoisotopic (exact) mass is 267 g/mol. The quantitative estimate of drug-likeness (QED) is 0.637. The van der Waals surface area contributed by atoms with Crippen LogP contribution in [-0.2, 0) is 0 Å². The maximum absolute atomic E-state index is 5.75. The Bertz CT molecular complexity index is 390. The fourth-order valence-electron chi connectivity index (χ4n) is 2.14. The van der Waals surface area contributed by atoms with Crippen LogP contribution in [-0.4, -0.2) is 47.8 Å². The van der Waals surface area contributed by atoms with Gasteiger partial charge in [0.05, 0.1) is 0 Å². The van der Waals surface area contributed by atoms with Gasteiger partial charge in [0.2, 0.25) is 0 Å². The van der Waals surface area contributed by atoms with Crippen LogP contribution in [0.15, 0.2) is 11.2 Å². The minimum atomic E-state index is 0.528. The molecule has 0 atom stereocenters. The maximum Gasteiger partial charge on any atom is 0.191 e. The largest absolute Gasteiger partial charge is 0.383 e. The zero-order valence-electron chi connectivity index (χ0n) is 11.0. The van der Waals surface area contributed by atoms with E-state index in [9.17, 15) is 0 Å². The van der Waals surface area contributed by atoms with Crippen LogP contribution in [0.2, 0.25) is 0 Å². The molecule has 1 aromatic rings. The molecular formula is C12H21N5S. The molecule has 1 saturated heterocycles. The Labute approximate surface area is 113 Å². The van der Waals surface area contributed by atoms with Gasteiger partial charge in [0.25, 0.3) is 0 Å². The predicted octanol–water partition coefficient (Wildman–Crippen LogP) is 1.53. The van der Waals surface area contributed by atoms with Gasteiger partial charge in [-0.2, -0.15) is 0 Å². The first-order chi connectivity index (χ1) is 8.67. The van der Waals surface area contributed by atoms with Gasteiger partial charge in [-0.15, -0.1) is 0 Å². The van der Waals surface area contributed by atoms with E-state index in [1.54, 1.807) is 6.07 Å². The van der Waals surface area contributed by atoms with Gasteiger partial charge in [-0.1, -0.05) is 11.8 Å². The molecule has 18 heavy (non-hydrogen) atoms. The Morgan fingerprint density at radius 2 is 2.17 bits per heavy atom. The van der Waals surface area contributed by atoms with Crippen molar-refractivity contribution < 1.29 is 0 Å². The van der Waals surface area contributed by atoms with Crippen molar-refractivity contribution in [1.82, 2.24) is 14.9 Å². The SMILES string of the molecule is CSc1nc(N)cc(NCC2CCN(C)CC2)n1. The summed E-state index contributed by atoms with van der Waals surface area (Å²) >= 11 is 1.51. The van der Waals surface area contributed by atoms with Crippen molar-refractivity contribution in [2.75, 3.05) is 44.0 Å². The highest BCUT2D eigenvalue weighted by Crippen LogP contribution is 2.18. The van der Waals surface area contributed by atoms with Crippen LogP contribution in [0.25, 0.3) is 0 Å². The Morgan fingerprint density at radius 1 is 1.44 bits per heavy atom. The maximum atomic E-state index is 5.75. The number of likely N-dealkylation sites (tertiary alicyclic amines) is 1. The number of aromatic nitrogens is 2. The Hall–Kier alpha value is -1.01. The zero-order valence-corrected chi connectivity index (χ0v) is 11.8. The lowest BCUT2D eigenvalue weighted by Crippen LogP contribution is -2.33. The highest BCUT2D eigenvalue weighted by Gasteiger charge is 2.16. The van der Waals surface area contributed by atoms with E-state index in [2.05, 4.69) is 27.2 Å². The van der Waals surface area contributed by atoms with E-state index in [-0.39, 0.29) is 0 Å². The van der Waals surface area contributed by atoms with E-state index < -0.39 is 0 Å². The number of hydrogen-bond acceptors (Lipinski definition) is 6. The lowest BCUT2D eigenvalue weighted by Gasteiger charge is -2.29. The van der Waals surface area contributed by atoms with Gasteiger partial charge < -0.3 is 16.0 Å². The summed E-state index contributed by atoms with van der Waals surface area (Å²) in [4.78, 5) is 10.9. The van der Waals surface area contributed by atoms with Gasteiger partial charge in [0.1, 0.15) is 11.6 Å². The van der Waals surface area contributed by atoms with E-state index in [4.69, 9.17) is 5.73 Å². The first kappa shape index (κ1) is 13.4. The molecule has 0 unspecified atom stereocenters. The molecule has 1 aliphatic rings. The summed E-state index contributed by atoms with van der Waals surface area (Å²) in [6.45, 7) is 3.35. The molecule has 0 amide bonds. The summed E-state index contributed by atoms with van der Waals surface area (Å²) in [5.74, 6) is 2.10. The second kappa shape index (κ2) is 6.24. The van der Waals surface area contributed by atoms with Crippen molar-refractivity contribution in [3.05, 3.63) is 6.07 Å². The number of nitrogens with zero attached hydrogens (tertiary/aromatic N) is 3. The molecule has 2 heterocycles. The van der Waals surface area contributed by atoms with Crippen LogP contribution in [0.1, 0.15) is 12.8 Å². The lowest BCUT2D eigenvalue weighted by atomic mass is 9.97. The van der Waals surface area contributed by atoms with E-state index in [1.165, 1.54) is 37.7 Å². The molecule has 0 aliphatic carbocycles. The van der Waals surface area contributed by atoms with Crippen LogP contribution in [0, 0.1) is 5.92 Å². The van der Waals surface area contributed by atoms with Crippen LogP contribution in [0.5, 0.6) is 0 Å². The first-order valence-corrected chi connectivity index (χ1v) is 7.51. The van der Waals surface area contributed by atoms with Crippen molar-refractivity contribution in [2.24, 2.45) is 5.92 Å². The minimum Gasteiger partial charge on any atom is -0.383 e. The lowest BCUT2D eigenvalue weighted by molar-refractivity contribution is 0.226. The molecule has 3 N–H and O–H groups in total. The third-order valence-electron chi connectivity index (χ3n) is 3.32. The van der Waals surface area contributed by atoms with Crippen molar-refractivity contribution in [3.8, 4) is 0 Å². The van der Waals surface area contributed by atoms with Gasteiger partial charge in [-0.25, -0.2) is 9.97 Å². The summed E-state index contributed by atoms with van der Waals surface area (Å²) in [5, 5.41) is 4.10. The van der Waals surface area contributed by atoms with Gasteiger partial charge >= 0.3 is 0 Å².